The number of rotatable bonds is 3. The van der Waals surface area contributed by atoms with Crippen molar-refractivity contribution < 1.29 is 13.2 Å². The van der Waals surface area contributed by atoms with Crippen LogP contribution in [0.2, 0.25) is 10.0 Å². The van der Waals surface area contributed by atoms with Gasteiger partial charge in [-0.2, -0.15) is 22.8 Å². The Hall–Kier alpha value is -2.84. The predicted molar refractivity (Wildman–Crippen MR) is 104 cm³/mol. The zero-order chi connectivity index (χ0) is 20.8. The van der Waals surface area contributed by atoms with E-state index in [1.165, 1.54) is 6.07 Å². The quantitative estimate of drug-likeness (QED) is 0.447. The fraction of sp³-hybridized carbons (Fsp3) is 0.105. The molecule has 0 saturated carbocycles. The normalized spacial score (nSPS) is 11.9. The molecule has 5 nitrogen and oxygen atoms in total. The molecule has 0 fully saturated rings. The first-order valence-electron chi connectivity index (χ1n) is 8.31. The minimum absolute atomic E-state index is 0.0139. The maximum atomic E-state index is 12.8. The first kappa shape index (κ1) is 19.5. The Balaban J connectivity index is 2.01. The topological polar surface area (TPSA) is 52.2 Å². The number of nitrogens with zero attached hydrogens (tertiary/aromatic N) is 4. The molecule has 10 heteroatoms. The molecule has 0 unspecified atom stereocenters. The third kappa shape index (κ3) is 3.86. The molecule has 0 aliphatic rings. The van der Waals surface area contributed by atoms with Gasteiger partial charge >= 0.3 is 11.9 Å². The maximum absolute atomic E-state index is 12.8. The SMILES string of the molecule is O=c1n(CC(F)(F)F)nc2cc(-c3ccc(Cl)cc3)c(-c3ccccc3Cl)nn12. The van der Waals surface area contributed by atoms with Crippen molar-refractivity contribution in [1.29, 1.82) is 0 Å². The zero-order valence-electron chi connectivity index (χ0n) is 14.5. The molecular weight excluding hydrogens is 428 g/mol. The molecule has 0 saturated heterocycles. The summed E-state index contributed by atoms with van der Waals surface area (Å²) in [6.45, 7) is -1.51. The van der Waals surface area contributed by atoms with Crippen molar-refractivity contribution in [1.82, 2.24) is 19.4 Å². The van der Waals surface area contributed by atoms with Crippen LogP contribution in [-0.4, -0.2) is 25.6 Å². The maximum Gasteiger partial charge on any atom is 0.408 e. The number of halogens is 5. The average Bonchev–Trinajstić information content (AvgIpc) is 2.95. The Kier molecular flexibility index (Phi) is 4.84. The van der Waals surface area contributed by atoms with Gasteiger partial charge in [-0.3, -0.25) is 0 Å². The molecule has 0 N–H and O–H groups in total. The molecule has 2 aromatic carbocycles. The van der Waals surface area contributed by atoms with Gasteiger partial charge in [0.05, 0.1) is 5.02 Å². The van der Waals surface area contributed by atoms with E-state index in [1.54, 1.807) is 48.5 Å². The molecule has 148 valence electrons. The number of aromatic nitrogens is 4. The summed E-state index contributed by atoms with van der Waals surface area (Å²) in [5.41, 5.74) is 1.09. The number of hydrogen-bond donors (Lipinski definition) is 0. The van der Waals surface area contributed by atoms with Gasteiger partial charge in [-0.1, -0.05) is 53.5 Å². The van der Waals surface area contributed by atoms with Gasteiger partial charge in [0, 0.05) is 16.1 Å². The fourth-order valence-corrected chi connectivity index (χ4v) is 3.28. The van der Waals surface area contributed by atoms with E-state index in [0.29, 0.717) is 37.1 Å². The van der Waals surface area contributed by atoms with E-state index in [-0.39, 0.29) is 5.65 Å². The van der Waals surface area contributed by atoms with Gasteiger partial charge in [0.15, 0.2) is 5.65 Å². The summed E-state index contributed by atoms with van der Waals surface area (Å²) >= 11 is 12.3. The van der Waals surface area contributed by atoms with Crippen molar-refractivity contribution in [2.24, 2.45) is 0 Å². The first-order chi connectivity index (χ1) is 13.7. The second-order valence-electron chi connectivity index (χ2n) is 6.22. The summed E-state index contributed by atoms with van der Waals surface area (Å²) in [6.07, 6.45) is -4.59. The van der Waals surface area contributed by atoms with Crippen molar-refractivity contribution in [3.63, 3.8) is 0 Å². The Labute approximate surface area is 171 Å². The van der Waals surface area contributed by atoms with E-state index >= 15 is 0 Å². The van der Waals surface area contributed by atoms with E-state index in [4.69, 9.17) is 23.2 Å². The Morgan fingerprint density at radius 3 is 2.28 bits per heavy atom. The van der Waals surface area contributed by atoms with Gasteiger partial charge in [0.1, 0.15) is 12.2 Å². The second kappa shape index (κ2) is 7.20. The van der Waals surface area contributed by atoms with Crippen molar-refractivity contribution in [2.45, 2.75) is 12.7 Å². The van der Waals surface area contributed by atoms with Crippen LogP contribution >= 0.6 is 23.2 Å². The van der Waals surface area contributed by atoms with Crippen molar-refractivity contribution in [3.8, 4) is 22.4 Å². The molecule has 0 radical (unpaired) electrons. The van der Waals surface area contributed by atoms with Gasteiger partial charge in [-0.05, 0) is 29.8 Å². The van der Waals surface area contributed by atoms with Crippen molar-refractivity contribution in [3.05, 3.63) is 75.1 Å². The highest BCUT2D eigenvalue weighted by Gasteiger charge is 2.30. The minimum atomic E-state index is -4.59. The second-order valence-corrected chi connectivity index (χ2v) is 7.06. The van der Waals surface area contributed by atoms with Gasteiger partial charge in [0.2, 0.25) is 0 Å². The van der Waals surface area contributed by atoms with E-state index in [1.807, 2.05) is 0 Å². The van der Waals surface area contributed by atoms with Crippen LogP contribution in [-0.2, 0) is 6.54 Å². The Morgan fingerprint density at radius 1 is 0.931 bits per heavy atom. The molecule has 4 rings (SSSR count). The van der Waals surface area contributed by atoms with Crippen LogP contribution < -0.4 is 5.69 Å². The van der Waals surface area contributed by atoms with Crippen molar-refractivity contribution in [2.75, 3.05) is 0 Å². The van der Waals surface area contributed by atoms with E-state index in [0.717, 1.165) is 4.52 Å². The largest absolute Gasteiger partial charge is 0.408 e. The average molecular weight is 439 g/mol. The third-order valence-electron chi connectivity index (χ3n) is 4.18. The molecule has 0 amide bonds. The molecule has 0 atom stereocenters. The van der Waals surface area contributed by atoms with Crippen LogP contribution in [0.1, 0.15) is 0 Å². The van der Waals surface area contributed by atoms with E-state index in [9.17, 15) is 18.0 Å². The van der Waals surface area contributed by atoms with E-state index in [2.05, 4.69) is 10.2 Å². The zero-order valence-corrected chi connectivity index (χ0v) is 16.0. The molecule has 2 heterocycles. The van der Waals surface area contributed by atoms with Gasteiger partial charge < -0.3 is 0 Å². The Morgan fingerprint density at radius 2 is 1.62 bits per heavy atom. The monoisotopic (exact) mass is 438 g/mol. The predicted octanol–water partition coefficient (Wildman–Crippen LogP) is 5.09. The standard InChI is InChI=1S/C19H11Cl2F3N4O/c20-12-7-5-11(6-8-12)14-9-16-25-27(10-19(22,23)24)18(29)28(16)26-17(14)13-3-1-2-4-15(13)21/h1-9H,10H2. The number of alkyl halides is 3. The smallest absolute Gasteiger partial charge is 0.244 e. The first-order valence-corrected chi connectivity index (χ1v) is 9.07. The number of hydrogen-bond acceptors (Lipinski definition) is 3. The lowest BCUT2D eigenvalue weighted by Gasteiger charge is -2.11. The molecule has 0 bridgehead atoms. The fourth-order valence-electron chi connectivity index (χ4n) is 2.93. The lowest BCUT2D eigenvalue weighted by molar-refractivity contribution is -0.143. The highest BCUT2D eigenvalue weighted by atomic mass is 35.5. The van der Waals surface area contributed by atoms with Gasteiger partial charge in [-0.25, -0.2) is 9.48 Å². The highest BCUT2D eigenvalue weighted by Crippen LogP contribution is 2.35. The highest BCUT2D eigenvalue weighted by molar-refractivity contribution is 6.33. The summed E-state index contributed by atoms with van der Waals surface area (Å²) in [5.74, 6) is 0. The summed E-state index contributed by atoms with van der Waals surface area (Å²) in [7, 11) is 0. The third-order valence-corrected chi connectivity index (χ3v) is 4.77. The summed E-state index contributed by atoms with van der Waals surface area (Å²) in [5, 5.41) is 8.98. The molecule has 0 aliphatic carbocycles. The molecule has 0 aliphatic heterocycles. The van der Waals surface area contributed by atoms with Crippen LogP contribution in [0.25, 0.3) is 28.0 Å². The molecule has 29 heavy (non-hydrogen) atoms. The Bertz CT molecular complexity index is 1260. The summed E-state index contributed by atoms with van der Waals surface area (Å²) in [6, 6.07) is 15.2. The minimum Gasteiger partial charge on any atom is -0.244 e. The van der Waals surface area contributed by atoms with Crippen LogP contribution in [0.3, 0.4) is 0 Å². The van der Waals surface area contributed by atoms with Crippen LogP contribution in [0.5, 0.6) is 0 Å². The molecule has 0 spiro atoms. The summed E-state index contributed by atoms with van der Waals surface area (Å²) < 4.78 is 39.5. The van der Waals surface area contributed by atoms with Crippen LogP contribution in [0, 0.1) is 0 Å². The van der Waals surface area contributed by atoms with Crippen LogP contribution in [0.4, 0.5) is 13.2 Å². The van der Waals surface area contributed by atoms with E-state index < -0.39 is 18.4 Å². The van der Waals surface area contributed by atoms with Crippen molar-refractivity contribution >= 4 is 28.8 Å². The summed E-state index contributed by atoms with van der Waals surface area (Å²) in [4.78, 5) is 12.4. The van der Waals surface area contributed by atoms with Gasteiger partial charge in [-0.15, -0.1) is 5.10 Å². The van der Waals surface area contributed by atoms with Gasteiger partial charge in [0.25, 0.3) is 0 Å². The molecule has 2 aromatic heterocycles. The lowest BCUT2D eigenvalue weighted by Crippen LogP contribution is -2.29. The molecule has 4 aromatic rings. The van der Waals surface area contributed by atoms with Crippen LogP contribution in [0.15, 0.2) is 59.4 Å². The molecular formula is C19H11Cl2F3N4O. The number of benzene rings is 2. The lowest BCUT2D eigenvalue weighted by atomic mass is 10.00. The number of fused-ring (bicyclic) bond motifs is 1.